The van der Waals surface area contributed by atoms with Gasteiger partial charge in [0.15, 0.2) is 0 Å². The van der Waals surface area contributed by atoms with Crippen LogP contribution in [0.5, 0.6) is 0 Å². The summed E-state index contributed by atoms with van der Waals surface area (Å²) in [7, 11) is 1.32. The summed E-state index contributed by atoms with van der Waals surface area (Å²) in [6.45, 7) is 6.01. The largest absolute Gasteiger partial charge is 0.465 e. The molecule has 0 saturated heterocycles. The molecule has 0 saturated carbocycles. The molecule has 0 aliphatic rings. The van der Waals surface area contributed by atoms with E-state index < -0.39 is 5.97 Å². The Hall–Kier alpha value is -0.880. The summed E-state index contributed by atoms with van der Waals surface area (Å²) in [6, 6.07) is 1.72. The molecule has 0 spiro atoms. The smallest absolute Gasteiger partial charge is 0.350 e. The van der Waals surface area contributed by atoms with Gasteiger partial charge in [-0.15, -0.1) is 11.3 Å². The fraction of sp³-hybridized carbons (Fsp3) is 0.538. The molecule has 0 fully saturated rings. The van der Waals surface area contributed by atoms with Gasteiger partial charge in [-0.25, -0.2) is 4.79 Å². The minimum Gasteiger partial charge on any atom is -0.465 e. The van der Waals surface area contributed by atoms with Crippen LogP contribution in [-0.4, -0.2) is 19.0 Å². The zero-order chi connectivity index (χ0) is 14.6. The highest BCUT2D eigenvalue weighted by Gasteiger charge is 2.23. The summed E-state index contributed by atoms with van der Waals surface area (Å²) >= 11 is 4.56. The third-order valence-electron chi connectivity index (χ3n) is 2.91. The number of carbonyl (C=O) groups is 2. The second kappa shape index (κ2) is 7.05. The summed E-state index contributed by atoms with van der Waals surface area (Å²) in [6.07, 6.45) is 0.766. The van der Waals surface area contributed by atoms with Gasteiger partial charge >= 0.3 is 5.97 Å². The van der Waals surface area contributed by atoms with E-state index in [1.165, 1.54) is 18.4 Å². The lowest BCUT2D eigenvalue weighted by Crippen LogP contribution is -2.26. The first-order valence-electron chi connectivity index (χ1n) is 6.09. The number of nitrogens with one attached hydrogen (secondary N) is 1. The second-order valence-corrected chi connectivity index (χ2v) is 6.96. The average molecular weight is 348 g/mol. The van der Waals surface area contributed by atoms with Gasteiger partial charge in [0, 0.05) is 5.92 Å². The van der Waals surface area contributed by atoms with Crippen molar-refractivity contribution in [3.63, 3.8) is 0 Å². The van der Waals surface area contributed by atoms with Gasteiger partial charge < -0.3 is 10.1 Å². The Morgan fingerprint density at radius 1 is 1.47 bits per heavy atom. The van der Waals surface area contributed by atoms with Crippen LogP contribution in [0.25, 0.3) is 0 Å². The molecule has 0 unspecified atom stereocenters. The highest BCUT2D eigenvalue weighted by atomic mass is 79.9. The topological polar surface area (TPSA) is 55.4 Å². The molecule has 0 aromatic carbocycles. The number of halogens is 1. The van der Waals surface area contributed by atoms with E-state index in [2.05, 4.69) is 21.2 Å². The molecule has 0 aliphatic heterocycles. The van der Waals surface area contributed by atoms with Gasteiger partial charge in [-0.3, -0.25) is 4.79 Å². The molecule has 19 heavy (non-hydrogen) atoms. The quantitative estimate of drug-likeness (QED) is 0.821. The number of ether oxygens (including phenoxy) is 1. The molecule has 1 aromatic heterocycles. The lowest BCUT2D eigenvalue weighted by atomic mass is 9.92. The van der Waals surface area contributed by atoms with E-state index in [-0.39, 0.29) is 17.7 Å². The third-order valence-corrected chi connectivity index (χ3v) is 4.53. The van der Waals surface area contributed by atoms with Crippen LogP contribution >= 0.6 is 27.3 Å². The molecule has 1 atom stereocenters. The molecule has 1 rings (SSSR count). The highest BCUT2D eigenvalue weighted by Crippen LogP contribution is 2.32. The Bertz CT molecular complexity index is 470. The molecule has 1 amide bonds. The molecule has 1 heterocycles. The SMILES string of the molecule is CC[C@H](C(=O)Nc1cc(Br)sc1C(=O)OC)C(C)C. The molecular weight excluding hydrogens is 330 g/mol. The van der Waals surface area contributed by atoms with E-state index in [1.807, 2.05) is 20.8 Å². The van der Waals surface area contributed by atoms with Gasteiger partial charge in [0.1, 0.15) is 4.88 Å². The van der Waals surface area contributed by atoms with E-state index in [0.717, 1.165) is 10.2 Å². The molecule has 106 valence electrons. The lowest BCUT2D eigenvalue weighted by Gasteiger charge is -2.18. The zero-order valence-electron chi connectivity index (χ0n) is 11.5. The van der Waals surface area contributed by atoms with Gasteiger partial charge in [0.05, 0.1) is 16.6 Å². The fourth-order valence-electron chi connectivity index (χ4n) is 1.88. The van der Waals surface area contributed by atoms with Crippen molar-refractivity contribution < 1.29 is 14.3 Å². The van der Waals surface area contributed by atoms with Crippen molar-refractivity contribution >= 4 is 44.8 Å². The first kappa shape index (κ1) is 16.2. The minimum absolute atomic E-state index is 0.0621. The lowest BCUT2D eigenvalue weighted by molar-refractivity contribution is -0.121. The highest BCUT2D eigenvalue weighted by molar-refractivity contribution is 9.11. The standard InChI is InChI=1S/C13H18BrNO3S/c1-5-8(7(2)3)12(16)15-9-6-10(14)19-11(9)13(17)18-4/h6-8H,5H2,1-4H3,(H,15,16)/t8-/m0/s1. The number of anilines is 1. The summed E-state index contributed by atoms with van der Waals surface area (Å²) in [5.74, 6) is -0.311. The van der Waals surface area contributed by atoms with Crippen LogP contribution in [0.15, 0.2) is 9.85 Å². The van der Waals surface area contributed by atoms with Gasteiger partial charge in [-0.05, 0) is 34.3 Å². The van der Waals surface area contributed by atoms with Gasteiger partial charge in [-0.2, -0.15) is 0 Å². The zero-order valence-corrected chi connectivity index (χ0v) is 13.9. The molecule has 1 aromatic rings. The fourth-order valence-corrected chi connectivity index (χ4v) is 3.36. The predicted octanol–water partition coefficient (Wildman–Crippen LogP) is 3.92. The normalized spacial score (nSPS) is 12.3. The van der Waals surface area contributed by atoms with Crippen LogP contribution in [0.2, 0.25) is 0 Å². The summed E-state index contributed by atoms with van der Waals surface area (Å²) < 4.78 is 5.48. The minimum atomic E-state index is -0.441. The molecule has 6 heteroatoms. The maximum Gasteiger partial charge on any atom is 0.350 e. The van der Waals surface area contributed by atoms with Gasteiger partial charge in [0.2, 0.25) is 5.91 Å². The summed E-state index contributed by atoms with van der Waals surface area (Å²) in [5.41, 5.74) is 0.507. The molecule has 0 aliphatic carbocycles. The average Bonchev–Trinajstić information content (AvgIpc) is 2.69. The van der Waals surface area contributed by atoms with Crippen LogP contribution in [-0.2, 0) is 9.53 Å². The maximum absolute atomic E-state index is 12.2. The number of hydrogen-bond acceptors (Lipinski definition) is 4. The van der Waals surface area contributed by atoms with Crippen LogP contribution in [0.3, 0.4) is 0 Å². The van der Waals surface area contributed by atoms with E-state index in [1.54, 1.807) is 6.07 Å². The van der Waals surface area contributed by atoms with E-state index in [9.17, 15) is 9.59 Å². The molecule has 4 nitrogen and oxygen atoms in total. The van der Waals surface area contributed by atoms with Crippen molar-refractivity contribution in [3.8, 4) is 0 Å². The Kier molecular flexibility index (Phi) is 6.00. The van der Waals surface area contributed by atoms with Crippen molar-refractivity contribution in [1.29, 1.82) is 0 Å². The van der Waals surface area contributed by atoms with Crippen LogP contribution in [0.4, 0.5) is 5.69 Å². The first-order chi connectivity index (χ1) is 8.90. The number of rotatable bonds is 5. The number of hydrogen-bond donors (Lipinski definition) is 1. The number of carbonyl (C=O) groups excluding carboxylic acids is 2. The van der Waals surface area contributed by atoms with Gasteiger partial charge in [0.25, 0.3) is 0 Å². The Morgan fingerprint density at radius 3 is 2.58 bits per heavy atom. The van der Waals surface area contributed by atoms with Crippen LogP contribution in [0.1, 0.15) is 36.9 Å². The van der Waals surface area contributed by atoms with Crippen molar-refractivity contribution in [1.82, 2.24) is 0 Å². The number of esters is 1. The van der Waals surface area contributed by atoms with Crippen molar-refractivity contribution in [2.75, 3.05) is 12.4 Å². The predicted molar refractivity (Wildman–Crippen MR) is 80.6 cm³/mol. The van der Waals surface area contributed by atoms with E-state index in [0.29, 0.717) is 10.6 Å². The first-order valence-corrected chi connectivity index (χ1v) is 7.70. The van der Waals surface area contributed by atoms with Crippen LogP contribution in [0, 0.1) is 11.8 Å². The molecule has 0 radical (unpaired) electrons. The van der Waals surface area contributed by atoms with Crippen LogP contribution < -0.4 is 5.32 Å². The molecular formula is C13H18BrNO3S. The van der Waals surface area contributed by atoms with Crippen molar-refractivity contribution in [3.05, 3.63) is 14.7 Å². The van der Waals surface area contributed by atoms with E-state index >= 15 is 0 Å². The van der Waals surface area contributed by atoms with E-state index in [4.69, 9.17) is 4.74 Å². The molecule has 0 bridgehead atoms. The summed E-state index contributed by atoms with van der Waals surface area (Å²) in [4.78, 5) is 24.2. The molecule has 1 N–H and O–H groups in total. The summed E-state index contributed by atoms with van der Waals surface area (Å²) in [5, 5.41) is 2.82. The maximum atomic E-state index is 12.2. The Balaban J connectivity index is 2.93. The number of amides is 1. The number of thiophene rings is 1. The van der Waals surface area contributed by atoms with Crippen molar-refractivity contribution in [2.24, 2.45) is 11.8 Å². The number of methoxy groups -OCH3 is 1. The Morgan fingerprint density at radius 2 is 2.11 bits per heavy atom. The third kappa shape index (κ3) is 4.04. The monoisotopic (exact) mass is 347 g/mol. The van der Waals surface area contributed by atoms with Gasteiger partial charge in [-0.1, -0.05) is 20.8 Å². The van der Waals surface area contributed by atoms with Crippen molar-refractivity contribution in [2.45, 2.75) is 27.2 Å². The second-order valence-electron chi connectivity index (χ2n) is 4.53. The Labute approximate surface area is 125 Å².